The number of aryl methyl sites for hydroxylation is 1. The van der Waals surface area contributed by atoms with E-state index in [4.69, 9.17) is 0 Å². The van der Waals surface area contributed by atoms with Gasteiger partial charge in [0.25, 0.3) is 5.91 Å². The number of carbonyl (C=O) groups excluding carboxylic acids is 1. The van der Waals surface area contributed by atoms with E-state index < -0.39 is 0 Å². The smallest absolute Gasteiger partial charge is 0.255 e. The number of anilines is 1. The molecule has 0 spiro atoms. The summed E-state index contributed by atoms with van der Waals surface area (Å²) in [5, 5.41) is 12.3. The van der Waals surface area contributed by atoms with Crippen molar-refractivity contribution < 1.29 is 9.90 Å². The van der Waals surface area contributed by atoms with Crippen LogP contribution in [-0.2, 0) is 0 Å². The van der Waals surface area contributed by atoms with Crippen LogP contribution in [0.25, 0.3) is 11.1 Å². The molecule has 0 saturated heterocycles. The molecule has 0 aliphatic carbocycles. The fraction of sp³-hybridized carbons (Fsp3) is 0.0500. The summed E-state index contributed by atoms with van der Waals surface area (Å²) in [6.07, 6.45) is 0. The van der Waals surface area contributed by atoms with Gasteiger partial charge in [-0.1, -0.05) is 42.5 Å². The fourth-order valence-electron chi connectivity index (χ4n) is 2.37. The van der Waals surface area contributed by atoms with Crippen molar-refractivity contribution in [2.75, 3.05) is 5.32 Å². The highest BCUT2D eigenvalue weighted by Gasteiger charge is 2.08. The number of rotatable bonds is 3. The molecule has 3 aromatic rings. The lowest BCUT2D eigenvalue weighted by atomic mass is 10.0. The van der Waals surface area contributed by atoms with E-state index >= 15 is 0 Å². The molecule has 0 unspecified atom stereocenters. The molecule has 0 aromatic heterocycles. The zero-order valence-corrected chi connectivity index (χ0v) is 12.8. The standard InChI is InChI=1S/C20H17NO2/c1-14-7-8-17(15-9-11-18(22)12-10-15)13-19(14)21-20(23)16-5-3-2-4-6-16/h2-13,22H,1H3,(H,21,23). The molecule has 1 amide bonds. The second-order valence-corrected chi connectivity index (χ2v) is 5.40. The van der Waals surface area contributed by atoms with Crippen LogP contribution in [-0.4, -0.2) is 11.0 Å². The largest absolute Gasteiger partial charge is 0.508 e. The Morgan fingerprint density at radius 3 is 2.22 bits per heavy atom. The molecule has 0 aliphatic heterocycles. The van der Waals surface area contributed by atoms with Crippen LogP contribution >= 0.6 is 0 Å². The molecule has 0 aliphatic rings. The molecule has 0 heterocycles. The van der Waals surface area contributed by atoms with Crippen LogP contribution in [0.5, 0.6) is 5.75 Å². The van der Waals surface area contributed by atoms with E-state index in [2.05, 4.69) is 5.32 Å². The second kappa shape index (κ2) is 6.36. The molecule has 0 bridgehead atoms. The van der Waals surface area contributed by atoms with Crippen molar-refractivity contribution in [3.63, 3.8) is 0 Å². The molecule has 0 atom stereocenters. The van der Waals surface area contributed by atoms with E-state index in [0.717, 1.165) is 22.4 Å². The second-order valence-electron chi connectivity index (χ2n) is 5.40. The monoisotopic (exact) mass is 303 g/mol. The van der Waals surface area contributed by atoms with Gasteiger partial charge >= 0.3 is 0 Å². The van der Waals surface area contributed by atoms with Gasteiger partial charge in [-0.15, -0.1) is 0 Å². The van der Waals surface area contributed by atoms with E-state index in [1.807, 2.05) is 55.5 Å². The minimum atomic E-state index is -0.128. The van der Waals surface area contributed by atoms with E-state index in [9.17, 15) is 9.90 Å². The summed E-state index contributed by atoms with van der Waals surface area (Å²) in [5.74, 6) is 0.107. The normalized spacial score (nSPS) is 10.3. The zero-order chi connectivity index (χ0) is 16.2. The quantitative estimate of drug-likeness (QED) is 0.741. The average molecular weight is 303 g/mol. The predicted octanol–water partition coefficient (Wildman–Crippen LogP) is 4.62. The molecular formula is C20H17NO2. The van der Waals surface area contributed by atoms with Gasteiger partial charge < -0.3 is 10.4 Å². The van der Waals surface area contributed by atoms with Crippen LogP contribution in [0.3, 0.4) is 0 Å². The van der Waals surface area contributed by atoms with Crippen LogP contribution < -0.4 is 5.32 Å². The Labute approximate surface area is 135 Å². The molecule has 3 aromatic carbocycles. The molecular weight excluding hydrogens is 286 g/mol. The Morgan fingerprint density at radius 2 is 1.52 bits per heavy atom. The number of nitrogens with one attached hydrogen (secondary N) is 1. The zero-order valence-electron chi connectivity index (χ0n) is 12.8. The van der Waals surface area contributed by atoms with Crippen molar-refractivity contribution in [2.45, 2.75) is 6.92 Å². The average Bonchev–Trinajstić information content (AvgIpc) is 2.58. The first kappa shape index (κ1) is 14.9. The van der Waals surface area contributed by atoms with Crippen LogP contribution in [0, 0.1) is 6.92 Å². The third-order valence-electron chi connectivity index (χ3n) is 3.72. The number of phenols is 1. The van der Waals surface area contributed by atoms with Gasteiger partial charge in [-0.3, -0.25) is 4.79 Å². The third-order valence-corrected chi connectivity index (χ3v) is 3.72. The van der Waals surface area contributed by atoms with Crippen molar-refractivity contribution in [1.29, 1.82) is 0 Å². The molecule has 3 heteroatoms. The van der Waals surface area contributed by atoms with Crippen molar-refractivity contribution in [3.05, 3.63) is 83.9 Å². The highest BCUT2D eigenvalue weighted by molar-refractivity contribution is 6.04. The fourth-order valence-corrected chi connectivity index (χ4v) is 2.37. The summed E-state index contributed by atoms with van der Waals surface area (Å²) >= 11 is 0. The van der Waals surface area contributed by atoms with E-state index in [1.165, 1.54) is 0 Å². The van der Waals surface area contributed by atoms with Gasteiger partial charge in [0.15, 0.2) is 0 Å². The Bertz CT molecular complexity index is 824. The number of phenolic OH excluding ortho intramolecular Hbond substituents is 1. The first-order chi connectivity index (χ1) is 11.1. The number of hydrogen-bond acceptors (Lipinski definition) is 2. The van der Waals surface area contributed by atoms with Crippen LogP contribution in [0.1, 0.15) is 15.9 Å². The van der Waals surface area contributed by atoms with Crippen LogP contribution in [0.4, 0.5) is 5.69 Å². The first-order valence-corrected chi connectivity index (χ1v) is 7.40. The van der Waals surface area contributed by atoms with Gasteiger partial charge in [-0.2, -0.15) is 0 Å². The maximum atomic E-state index is 12.3. The van der Waals surface area contributed by atoms with Crippen molar-refractivity contribution in [3.8, 4) is 16.9 Å². The van der Waals surface area contributed by atoms with Gasteiger partial charge in [-0.05, 0) is 53.9 Å². The topological polar surface area (TPSA) is 49.3 Å². The lowest BCUT2D eigenvalue weighted by Gasteiger charge is -2.11. The minimum absolute atomic E-state index is 0.128. The molecule has 0 fully saturated rings. The number of aromatic hydroxyl groups is 1. The summed E-state index contributed by atoms with van der Waals surface area (Å²) in [6, 6.07) is 22.1. The lowest BCUT2D eigenvalue weighted by Crippen LogP contribution is -2.12. The number of amides is 1. The molecule has 3 nitrogen and oxygen atoms in total. The number of carbonyl (C=O) groups is 1. The molecule has 0 radical (unpaired) electrons. The minimum Gasteiger partial charge on any atom is -0.508 e. The van der Waals surface area contributed by atoms with E-state index in [1.54, 1.807) is 24.3 Å². The lowest BCUT2D eigenvalue weighted by molar-refractivity contribution is 0.102. The highest BCUT2D eigenvalue weighted by Crippen LogP contribution is 2.27. The maximum Gasteiger partial charge on any atom is 0.255 e. The Morgan fingerprint density at radius 1 is 0.870 bits per heavy atom. The highest BCUT2D eigenvalue weighted by atomic mass is 16.3. The summed E-state index contributed by atoms with van der Waals surface area (Å²) < 4.78 is 0. The Kier molecular flexibility index (Phi) is 4.11. The van der Waals surface area contributed by atoms with Crippen molar-refractivity contribution in [1.82, 2.24) is 0 Å². The Hall–Kier alpha value is -3.07. The summed E-state index contributed by atoms with van der Waals surface area (Å²) in [6.45, 7) is 1.96. The van der Waals surface area contributed by atoms with Gasteiger partial charge in [0.2, 0.25) is 0 Å². The number of benzene rings is 3. The first-order valence-electron chi connectivity index (χ1n) is 7.40. The molecule has 23 heavy (non-hydrogen) atoms. The number of hydrogen-bond donors (Lipinski definition) is 2. The molecule has 114 valence electrons. The van der Waals surface area contributed by atoms with Crippen LogP contribution in [0.15, 0.2) is 72.8 Å². The van der Waals surface area contributed by atoms with Gasteiger partial charge in [0.05, 0.1) is 0 Å². The summed E-state index contributed by atoms with van der Waals surface area (Å²) in [5.41, 5.74) is 4.38. The van der Waals surface area contributed by atoms with Gasteiger partial charge in [0, 0.05) is 11.3 Å². The summed E-state index contributed by atoms with van der Waals surface area (Å²) in [7, 11) is 0. The van der Waals surface area contributed by atoms with Crippen molar-refractivity contribution in [2.24, 2.45) is 0 Å². The Balaban J connectivity index is 1.89. The molecule has 0 saturated carbocycles. The molecule has 2 N–H and O–H groups in total. The van der Waals surface area contributed by atoms with E-state index in [-0.39, 0.29) is 11.7 Å². The van der Waals surface area contributed by atoms with Crippen molar-refractivity contribution >= 4 is 11.6 Å². The van der Waals surface area contributed by atoms with Crippen LogP contribution in [0.2, 0.25) is 0 Å². The third kappa shape index (κ3) is 3.40. The maximum absolute atomic E-state index is 12.3. The van der Waals surface area contributed by atoms with E-state index in [0.29, 0.717) is 5.56 Å². The SMILES string of the molecule is Cc1ccc(-c2ccc(O)cc2)cc1NC(=O)c1ccccc1. The van der Waals surface area contributed by atoms with Gasteiger partial charge in [-0.25, -0.2) is 0 Å². The van der Waals surface area contributed by atoms with Gasteiger partial charge in [0.1, 0.15) is 5.75 Å². The predicted molar refractivity (Wildman–Crippen MR) is 92.7 cm³/mol. The summed E-state index contributed by atoms with van der Waals surface area (Å²) in [4.78, 5) is 12.3. The molecule has 3 rings (SSSR count).